The molecule has 2 amide bonds. The first kappa shape index (κ1) is 24.6. The molecule has 1 heterocycles. The minimum absolute atomic E-state index is 0.0540. The SMILES string of the molecule is CCC(C)N(CC(=O)N(Cc1ccc(F)cc1)Cc1cccs1)C(=O)Cc1ccc(F)cc1. The van der Waals surface area contributed by atoms with Gasteiger partial charge in [0, 0.05) is 17.5 Å². The molecule has 0 aliphatic carbocycles. The summed E-state index contributed by atoms with van der Waals surface area (Å²) >= 11 is 1.56. The third-order valence-corrected chi connectivity index (χ3v) is 6.44. The highest BCUT2D eigenvalue weighted by Crippen LogP contribution is 2.17. The Balaban J connectivity index is 1.76. The van der Waals surface area contributed by atoms with Gasteiger partial charge in [-0.15, -0.1) is 11.3 Å². The van der Waals surface area contributed by atoms with E-state index in [4.69, 9.17) is 0 Å². The normalized spacial score (nSPS) is 11.8. The molecule has 0 spiro atoms. The lowest BCUT2D eigenvalue weighted by atomic mass is 10.1. The van der Waals surface area contributed by atoms with Crippen molar-refractivity contribution in [2.24, 2.45) is 0 Å². The van der Waals surface area contributed by atoms with Gasteiger partial charge in [-0.05, 0) is 60.2 Å². The van der Waals surface area contributed by atoms with Crippen LogP contribution in [0.4, 0.5) is 8.78 Å². The summed E-state index contributed by atoms with van der Waals surface area (Å²) in [6.45, 7) is 4.56. The summed E-state index contributed by atoms with van der Waals surface area (Å²) in [4.78, 5) is 30.8. The van der Waals surface area contributed by atoms with E-state index >= 15 is 0 Å². The first-order valence-electron chi connectivity index (χ1n) is 10.9. The average Bonchev–Trinajstić information content (AvgIpc) is 3.32. The van der Waals surface area contributed by atoms with Crippen LogP contribution in [0.3, 0.4) is 0 Å². The van der Waals surface area contributed by atoms with Crippen LogP contribution >= 0.6 is 11.3 Å². The van der Waals surface area contributed by atoms with Crippen molar-refractivity contribution in [3.8, 4) is 0 Å². The lowest BCUT2D eigenvalue weighted by molar-refractivity contribution is -0.142. The molecule has 0 aliphatic rings. The van der Waals surface area contributed by atoms with Gasteiger partial charge in [-0.25, -0.2) is 8.78 Å². The van der Waals surface area contributed by atoms with E-state index in [1.54, 1.807) is 45.4 Å². The van der Waals surface area contributed by atoms with E-state index < -0.39 is 0 Å². The van der Waals surface area contributed by atoms with Crippen molar-refractivity contribution >= 4 is 23.2 Å². The van der Waals surface area contributed by atoms with Crippen molar-refractivity contribution in [2.75, 3.05) is 6.54 Å². The maximum absolute atomic E-state index is 13.4. The molecular formula is C26H28F2N2O2S. The molecule has 0 bridgehead atoms. The molecule has 0 N–H and O–H groups in total. The Morgan fingerprint density at radius 1 is 0.879 bits per heavy atom. The number of hydrogen-bond acceptors (Lipinski definition) is 3. The van der Waals surface area contributed by atoms with Crippen molar-refractivity contribution in [1.82, 2.24) is 9.80 Å². The molecular weight excluding hydrogens is 442 g/mol. The number of hydrogen-bond donors (Lipinski definition) is 0. The van der Waals surface area contributed by atoms with Gasteiger partial charge in [0.2, 0.25) is 11.8 Å². The van der Waals surface area contributed by atoms with Crippen molar-refractivity contribution in [3.05, 3.63) is 93.7 Å². The number of carbonyl (C=O) groups is 2. The van der Waals surface area contributed by atoms with Crippen LogP contribution in [0.25, 0.3) is 0 Å². The summed E-state index contributed by atoms with van der Waals surface area (Å²) in [6, 6.07) is 15.7. The summed E-state index contributed by atoms with van der Waals surface area (Å²) in [7, 11) is 0. The Kier molecular flexibility index (Phi) is 8.72. The molecule has 174 valence electrons. The number of thiophene rings is 1. The molecule has 2 aromatic carbocycles. The third kappa shape index (κ3) is 7.22. The van der Waals surface area contributed by atoms with Gasteiger partial charge < -0.3 is 9.80 Å². The van der Waals surface area contributed by atoms with Crippen LogP contribution in [0, 0.1) is 11.6 Å². The summed E-state index contributed by atoms with van der Waals surface area (Å²) in [5, 5.41) is 1.95. The quantitative estimate of drug-likeness (QED) is 0.397. The lowest BCUT2D eigenvalue weighted by Gasteiger charge is -2.31. The maximum Gasteiger partial charge on any atom is 0.242 e. The fourth-order valence-corrected chi connectivity index (χ4v) is 4.19. The average molecular weight is 471 g/mol. The van der Waals surface area contributed by atoms with Gasteiger partial charge in [-0.1, -0.05) is 37.3 Å². The van der Waals surface area contributed by atoms with Gasteiger partial charge in [0.05, 0.1) is 13.0 Å². The van der Waals surface area contributed by atoms with Gasteiger partial charge >= 0.3 is 0 Å². The van der Waals surface area contributed by atoms with Crippen LogP contribution in [0.1, 0.15) is 36.3 Å². The van der Waals surface area contributed by atoms with Crippen molar-refractivity contribution < 1.29 is 18.4 Å². The van der Waals surface area contributed by atoms with Crippen molar-refractivity contribution in [1.29, 1.82) is 0 Å². The van der Waals surface area contributed by atoms with Gasteiger partial charge in [0.1, 0.15) is 18.2 Å². The largest absolute Gasteiger partial charge is 0.332 e. The predicted octanol–water partition coefficient (Wildman–Crippen LogP) is 5.42. The zero-order valence-electron chi connectivity index (χ0n) is 18.8. The standard InChI is InChI=1S/C26H28F2N2O2S/c1-3-19(2)30(25(31)15-20-6-10-22(27)11-7-20)18-26(32)29(17-24-5-4-14-33-24)16-21-8-12-23(28)13-9-21/h4-14,19H,3,15-18H2,1-2H3. The van der Waals surface area contributed by atoms with Crippen molar-refractivity contribution in [3.63, 3.8) is 0 Å². The van der Waals surface area contributed by atoms with Crippen LogP contribution in [0.2, 0.25) is 0 Å². The van der Waals surface area contributed by atoms with Gasteiger partial charge in [-0.3, -0.25) is 9.59 Å². The molecule has 0 fully saturated rings. The summed E-state index contributed by atoms with van der Waals surface area (Å²) in [5.41, 5.74) is 1.51. The highest BCUT2D eigenvalue weighted by molar-refractivity contribution is 7.09. The zero-order chi connectivity index (χ0) is 23.8. The molecule has 1 atom stereocenters. The molecule has 1 unspecified atom stereocenters. The molecule has 0 saturated heterocycles. The van der Waals surface area contributed by atoms with E-state index in [1.165, 1.54) is 24.3 Å². The number of rotatable bonds is 10. The first-order valence-corrected chi connectivity index (χ1v) is 11.8. The van der Waals surface area contributed by atoms with Gasteiger partial charge in [0.25, 0.3) is 0 Å². The molecule has 3 rings (SSSR count). The Morgan fingerprint density at radius 3 is 2.03 bits per heavy atom. The Hall–Kier alpha value is -3.06. The molecule has 3 aromatic rings. The zero-order valence-corrected chi connectivity index (χ0v) is 19.7. The minimum Gasteiger partial charge on any atom is -0.332 e. The molecule has 0 aliphatic heterocycles. The second-order valence-electron chi connectivity index (χ2n) is 8.04. The Labute approximate surface area is 197 Å². The van der Waals surface area contributed by atoms with E-state index in [0.717, 1.165) is 10.4 Å². The van der Waals surface area contributed by atoms with Crippen LogP contribution in [0.15, 0.2) is 66.0 Å². The van der Waals surface area contributed by atoms with Crippen LogP contribution in [0.5, 0.6) is 0 Å². The van der Waals surface area contributed by atoms with E-state index in [-0.39, 0.29) is 42.5 Å². The van der Waals surface area contributed by atoms with Crippen LogP contribution in [-0.2, 0) is 29.1 Å². The Bertz CT molecular complexity index is 1040. The summed E-state index contributed by atoms with van der Waals surface area (Å²) in [5.74, 6) is -1.04. The topological polar surface area (TPSA) is 40.6 Å². The summed E-state index contributed by atoms with van der Waals surface area (Å²) in [6.07, 6.45) is 0.798. The Morgan fingerprint density at radius 2 is 1.48 bits per heavy atom. The smallest absolute Gasteiger partial charge is 0.242 e. The highest BCUT2D eigenvalue weighted by atomic mass is 32.1. The number of carbonyl (C=O) groups excluding carboxylic acids is 2. The van der Waals surface area contributed by atoms with E-state index in [2.05, 4.69) is 0 Å². The number of nitrogens with zero attached hydrogens (tertiary/aromatic N) is 2. The maximum atomic E-state index is 13.4. The molecule has 1 aromatic heterocycles. The molecule has 7 heteroatoms. The number of halogens is 2. The molecule has 4 nitrogen and oxygen atoms in total. The lowest BCUT2D eigenvalue weighted by Crippen LogP contribution is -2.46. The molecule has 0 radical (unpaired) electrons. The van der Waals surface area contributed by atoms with E-state index in [0.29, 0.717) is 25.1 Å². The fourth-order valence-electron chi connectivity index (χ4n) is 3.47. The summed E-state index contributed by atoms with van der Waals surface area (Å²) < 4.78 is 26.6. The highest BCUT2D eigenvalue weighted by Gasteiger charge is 2.25. The van der Waals surface area contributed by atoms with Gasteiger partial charge in [0.15, 0.2) is 0 Å². The van der Waals surface area contributed by atoms with Crippen molar-refractivity contribution in [2.45, 2.75) is 45.8 Å². The number of benzene rings is 2. The predicted molar refractivity (Wildman–Crippen MR) is 127 cm³/mol. The molecule has 0 saturated carbocycles. The number of amides is 2. The third-order valence-electron chi connectivity index (χ3n) is 5.58. The second-order valence-corrected chi connectivity index (χ2v) is 9.07. The first-order chi connectivity index (χ1) is 15.9. The van der Waals surface area contributed by atoms with Crippen LogP contribution in [-0.4, -0.2) is 34.2 Å². The van der Waals surface area contributed by atoms with E-state index in [9.17, 15) is 18.4 Å². The monoisotopic (exact) mass is 470 g/mol. The fraction of sp³-hybridized carbons (Fsp3) is 0.308. The minimum atomic E-state index is -0.356. The van der Waals surface area contributed by atoms with Crippen LogP contribution < -0.4 is 0 Å². The second kappa shape index (κ2) is 11.7. The molecule has 33 heavy (non-hydrogen) atoms. The van der Waals surface area contributed by atoms with Gasteiger partial charge in [-0.2, -0.15) is 0 Å². The van der Waals surface area contributed by atoms with E-state index in [1.807, 2.05) is 31.4 Å².